The van der Waals surface area contributed by atoms with E-state index in [1.807, 2.05) is 6.92 Å². The van der Waals surface area contributed by atoms with E-state index < -0.39 is 10.8 Å². The molecule has 0 aliphatic heterocycles. The van der Waals surface area contributed by atoms with Gasteiger partial charge in [0.05, 0.1) is 17.3 Å². The second-order valence-electron chi connectivity index (χ2n) is 6.58. The average Bonchev–Trinajstić information content (AvgIpc) is 2.80. The monoisotopic (exact) mass is 451 g/mol. The number of rotatable bonds is 9. The van der Waals surface area contributed by atoms with Crippen molar-refractivity contribution in [2.45, 2.75) is 11.8 Å². The van der Waals surface area contributed by atoms with E-state index in [-0.39, 0.29) is 22.9 Å². The van der Waals surface area contributed by atoms with Crippen LogP contribution in [-0.4, -0.2) is 29.1 Å². The van der Waals surface area contributed by atoms with Gasteiger partial charge in [0, 0.05) is 34.0 Å². The van der Waals surface area contributed by atoms with Gasteiger partial charge in [-0.05, 0) is 61.5 Å². The van der Waals surface area contributed by atoms with Crippen LogP contribution in [0.1, 0.15) is 17.3 Å². The van der Waals surface area contributed by atoms with E-state index in [0.29, 0.717) is 18.0 Å². The van der Waals surface area contributed by atoms with Crippen molar-refractivity contribution in [1.29, 1.82) is 0 Å². The maximum atomic E-state index is 12.3. The molecule has 0 fully saturated rings. The highest BCUT2D eigenvalue weighted by molar-refractivity contribution is 8.00. The fourth-order valence-electron chi connectivity index (χ4n) is 2.75. The second-order valence-corrected chi connectivity index (χ2v) is 7.63. The molecule has 0 bridgehead atoms. The van der Waals surface area contributed by atoms with Crippen molar-refractivity contribution >= 4 is 40.6 Å². The molecule has 3 aromatic carbocycles. The summed E-state index contributed by atoms with van der Waals surface area (Å²) in [5.41, 5.74) is 1.29. The molecule has 0 unspecified atom stereocenters. The number of hydrogen-bond donors (Lipinski definition) is 2. The highest BCUT2D eigenvalue weighted by Crippen LogP contribution is 2.22. The topological polar surface area (TPSA) is 111 Å². The van der Waals surface area contributed by atoms with Crippen molar-refractivity contribution in [1.82, 2.24) is 0 Å². The molecule has 2 amide bonds. The van der Waals surface area contributed by atoms with Gasteiger partial charge in [0.2, 0.25) is 5.91 Å². The Morgan fingerprint density at radius 3 is 2.28 bits per heavy atom. The van der Waals surface area contributed by atoms with Gasteiger partial charge in [-0.2, -0.15) is 0 Å². The Labute approximate surface area is 189 Å². The van der Waals surface area contributed by atoms with E-state index >= 15 is 0 Å². The van der Waals surface area contributed by atoms with Gasteiger partial charge >= 0.3 is 0 Å². The molecular formula is C23H21N3O5S. The maximum Gasteiger partial charge on any atom is 0.270 e. The van der Waals surface area contributed by atoms with Crippen LogP contribution in [0, 0.1) is 10.1 Å². The Kier molecular flexibility index (Phi) is 7.82. The molecule has 0 aliphatic carbocycles. The summed E-state index contributed by atoms with van der Waals surface area (Å²) in [5.74, 6) is 0.399. The summed E-state index contributed by atoms with van der Waals surface area (Å²) in [7, 11) is 0. The Morgan fingerprint density at radius 2 is 1.62 bits per heavy atom. The molecule has 3 rings (SSSR count). The molecule has 0 aliphatic rings. The zero-order valence-electron chi connectivity index (χ0n) is 17.2. The molecule has 0 saturated carbocycles. The smallest absolute Gasteiger partial charge is 0.270 e. The number of ether oxygens (including phenoxy) is 1. The maximum absolute atomic E-state index is 12.3. The standard InChI is InChI=1S/C23H21N3O5S/c1-2-31-20-10-6-17(7-11-20)24-22(27)15-32-21-12-8-18(9-13-21)25-23(28)16-4-3-5-19(14-16)26(29)30/h3-14H,2,15H2,1H3,(H,24,27)(H,25,28). The summed E-state index contributed by atoms with van der Waals surface area (Å²) in [6.07, 6.45) is 0. The lowest BCUT2D eigenvalue weighted by atomic mass is 10.2. The molecule has 164 valence electrons. The van der Waals surface area contributed by atoms with Gasteiger partial charge in [0.15, 0.2) is 0 Å². The van der Waals surface area contributed by atoms with Crippen LogP contribution in [0.15, 0.2) is 77.7 Å². The van der Waals surface area contributed by atoms with Crippen LogP contribution >= 0.6 is 11.8 Å². The van der Waals surface area contributed by atoms with E-state index in [1.165, 1.54) is 36.0 Å². The normalized spacial score (nSPS) is 10.3. The molecular weight excluding hydrogens is 430 g/mol. The van der Waals surface area contributed by atoms with Gasteiger partial charge < -0.3 is 15.4 Å². The van der Waals surface area contributed by atoms with Crippen molar-refractivity contribution in [2.24, 2.45) is 0 Å². The van der Waals surface area contributed by atoms with Gasteiger partial charge in [-0.25, -0.2) is 0 Å². The molecule has 2 N–H and O–H groups in total. The summed E-state index contributed by atoms with van der Waals surface area (Å²) in [6.45, 7) is 2.49. The van der Waals surface area contributed by atoms with E-state index in [4.69, 9.17) is 4.74 Å². The number of nitrogens with one attached hydrogen (secondary N) is 2. The molecule has 0 radical (unpaired) electrons. The number of nitro benzene ring substituents is 1. The lowest BCUT2D eigenvalue weighted by Crippen LogP contribution is -2.14. The number of nitro groups is 1. The first kappa shape index (κ1) is 22.8. The van der Waals surface area contributed by atoms with Crippen LogP contribution in [0.3, 0.4) is 0 Å². The van der Waals surface area contributed by atoms with Crippen LogP contribution < -0.4 is 15.4 Å². The number of non-ortho nitro benzene ring substituents is 1. The SMILES string of the molecule is CCOc1ccc(NC(=O)CSc2ccc(NC(=O)c3cccc([N+](=O)[O-])c3)cc2)cc1. The Morgan fingerprint density at radius 1 is 0.969 bits per heavy atom. The zero-order chi connectivity index (χ0) is 22.9. The van der Waals surface area contributed by atoms with Crippen molar-refractivity contribution < 1.29 is 19.2 Å². The van der Waals surface area contributed by atoms with E-state index in [0.717, 1.165) is 10.6 Å². The highest BCUT2D eigenvalue weighted by Gasteiger charge is 2.12. The minimum absolute atomic E-state index is 0.137. The van der Waals surface area contributed by atoms with Gasteiger partial charge in [-0.15, -0.1) is 11.8 Å². The Bertz CT molecular complexity index is 1100. The first-order valence-corrected chi connectivity index (χ1v) is 10.7. The van der Waals surface area contributed by atoms with Crippen LogP contribution in [0.5, 0.6) is 5.75 Å². The van der Waals surface area contributed by atoms with E-state index in [2.05, 4.69) is 10.6 Å². The number of thioether (sulfide) groups is 1. The number of hydrogen-bond acceptors (Lipinski definition) is 6. The number of carbonyl (C=O) groups excluding carboxylic acids is 2. The number of benzene rings is 3. The van der Waals surface area contributed by atoms with Crippen molar-refractivity contribution in [3.05, 3.63) is 88.5 Å². The lowest BCUT2D eigenvalue weighted by Gasteiger charge is -2.08. The largest absolute Gasteiger partial charge is 0.494 e. The van der Waals surface area contributed by atoms with Crippen LogP contribution in [0.2, 0.25) is 0 Å². The highest BCUT2D eigenvalue weighted by atomic mass is 32.2. The van der Waals surface area contributed by atoms with E-state index in [9.17, 15) is 19.7 Å². The average molecular weight is 452 g/mol. The summed E-state index contributed by atoms with van der Waals surface area (Å²) in [6, 6.07) is 19.7. The molecule has 32 heavy (non-hydrogen) atoms. The first-order valence-electron chi connectivity index (χ1n) is 9.76. The van der Waals surface area contributed by atoms with E-state index in [1.54, 1.807) is 48.5 Å². The molecule has 0 saturated heterocycles. The fourth-order valence-corrected chi connectivity index (χ4v) is 3.44. The summed E-state index contributed by atoms with van der Waals surface area (Å²) in [4.78, 5) is 35.7. The quantitative estimate of drug-likeness (QED) is 0.270. The van der Waals surface area contributed by atoms with Crippen LogP contribution in [0.4, 0.5) is 17.1 Å². The van der Waals surface area contributed by atoms with Gasteiger partial charge in [-0.3, -0.25) is 19.7 Å². The predicted octanol–water partition coefficient (Wildman–Crippen LogP) is 4.98. The third-order valence-corrected chi connectivity index (χ3v) is 5.26. The molecule has 3 aromatic rings. The predicted molar refractivity (Wildman–Crippen MR) is 124 cm³/mol. The lowest BCUT2D eigenvalue weighted by molar-refractivity contribution is -0.384. The molecule has 0 atom stereocenters. The fraction of sp³-hybridized carbons (Fsp3) is 0.130. The summed E-state index contributed by atoms with van der Waals surface area (Å²) in [5, 5.41) is 16.4. The number of nitrogens with zero attached hydrogens (tertiary/aromatic N) is 1. The van der Waals surface area contributed by atoms with Crippen LogP contribution in [-0.2, 0) is 4.79 Å². The summed E-state index contributed by atoms with van der Waals surface area (Å²) >= 11 is 1.36. The van der Waals surface area contributed by atoms with Gasteiger partial charge in [0.1, 0.15) is 5.75 Å². The van der Waals surface area contributed by atoms with Crippen molar-refractivity contribution in [3.8, 4) is 5.75 Å². The first-order chi connectivity index (χ1) is 15.4. The third kappa shape index (κ3) is 6.58. The molecule has 0 spiro atoms. The molecule has 0 heterocycles. The number of carbonyl (C=O) groups is 2. The Balaban J connectivity index is 1.50. The summed E-state index contributed by atoms with van der Waals surface area (Å²) < 4.78 is 5.37. The zero-order valence-corrected chi connectivity index (χ0v) is 18.1. The number of amides is 2. The minimum atomic E-state index is -0.547. The Hall–Kier alpha value is -3.85. The van der Waals surface area contributed by atoms with Crippen LogP contribution in [0.25, 0.3) is 0 Å². The third-order valence-electron chi connectivity index (χ3n) is 4.25. The second kappa shape index (κ2) is 11.0. The van der Waals surface area contributed by atoms with Gasteiger partial charge in [0.25, 0.3) is 11.6 Å². The number of anilines is 2. The van der Waals surface area contributed by atoms with Crippen molar-refractivity contribution in [2.75, 3.05) is 23.0 Å². The van der Waals surface area contributed by atoms with Crippen molar-refractivity contribution in [3.63, 3.8) is 0 Å². The van der Waals surface area contributed by atoms with Gasteiger partial charge in [-0.1, -0.05) is 6.07 Å². The molecule has 0 aromatic heterocycles. The molecule has 8 nitrogen and oxygen atoms in total. The minimum Gasteiger partial charge on any atom is -0.494 e. The molecule has 9 heteroatoms.